The molecule has 0 radical (unpaired) electrons. The molecule has 6 nitrogen and oxygen atoms in total. The van der Waals surface area contributed by atoms with Gasteiger partial charge in [-0.05, 0) is 6.92 Å². The third kappa shape index (κ3) is 2.80. The summed E-state index contributed by atoms with van der Waals surface area (Å²) in [7, 11) is 1.55. The van der Waals surface area contributed by atoms with Crippen LogP contribution in [0.2, 0.25) is 0 Å². The van der Waals surface area contributed by atoms with E-state index in [1.807, 2.05) is 0 Å². The third-order valence-electron chi connectivity index (χ3n) is 2.06. The molecule has 1 aromatic heterocycles. The standard InChI is InChI=1S/C9H13N3O3/c1-6(9(14)15)8(13)12(2)5-7-10-3-4-11-7/h3-4,6H,5H2,1-2H3,(H,10,11)(H,14,15). The Morgan fingerprint density at radius 3 is 2.80 bits per heavy atom. The largest absolute Gasteiger partial charge is 0.481 e. The number of carboxylic acids is 1. The number of nitrogens with zero attached hydrogens (tertiary/aromatic N) is 2. The highest BCUT2D eigenvalue weighted by molar-refractivity contribution is 5.96. The fourth-order valence-corrected chi connectivity index (χ4v) is 1.12. The summed E-state index contributed by atoms with van der Waals surface area (Å²) in [6.07, 6.45) is 3.22. The molecule has 0 aromatic carbocycles. The molecule has 0 aliphatic carbocycles. The Morgan fingerprint density at radius 2 is 2.33 bits per heavy atom. The monoisotopic (exact) mass is 211 g/mol. The molecule has 82 valence electrons. The fraction of sp³-hybridized carbons (Fsp3) is 0.444. The molecule has 1 amide bonds. The van der Waals surface area contributed by atoms with E-state index in [4.69, 9.17) is 5.11 Å². The number of hydrogen-bond donors (Lipinski definition) is 2. The first kappa shape index (κ1) is 11.2. The van der Waals surface area contributed by atoms with Crippen LogP contribution in [-0.2, 0) is 16.1 Å². The minimum atomic E-state index is -1.12. The van der Waals surface area contributed by atoms with Crippen LogP contribution in [0.4, 0.5) is 0 Å². The number of rotatable bonds is 4. The van der Waals surface area contributed by atoms with E-state index in [9.17, 15) is 9.59 Å². The predicted molar refractivity (Wildman–Crippen MR) is 51.9 cm³/mol. The predicted octanol–water partition coefficient (Wildman–Crippen LogP) is 0.0888. The molecule has 1 rings (SSSR count). The Labute approximate surface area is 86.9 Å². The number of aliphatic carboxylic acids is 1. The quantitative estimate of drug-likeness (QED) is 0.691. The highest BCUT2D eigenvalue weighted by Gasteiger charge is 2.24. The molecule has 0 saturated carbocycles. The zero-order valence-electron chi connectivity index (χ0n) is 8.60. The second-order valence-corrected chi connectivity index (χ2v) is 3.29. The Hall–Kier alpha value is -1.85. The number of carbonyl (C=O) groups is 2. The van der Waals surface area contributed by atoms with Crippen LogP contribution in [0, 0.1) is 5.92 Å². The normalized spacial score (nSPS) is 12.1. The maximum absolute atomic E-state index is 11.5. The zero-order chi connectivity index (χ0) is 11.4. The molecule has 1 heterocycles. The van der Waals surface area contributed by atoms with E-state index in [2.05, 4.69) is 9.97 Å². The van der Waals surface area contributed by atoms with Crippen LogP contribution in [0.1, 0.15) is 12.7 Å². The average molecular weight is 211 g/mol. The van der Waals surface area contributed by atoms with Gasteiger partial charge >= 0.3 is 5.97 Å². The number of aromatic nitrogens is 2. The van der Waals surface area contributed by atoms with Gasteiger partial charge < -0.3 is 15.0 Å². The van der Waals surface area contributed by atoms with Crippen LogP contribution in [0.3, 0.4) is 0 Å². The van der Waals surface area contributed by atoms with E-state index in [0.717, 1.165) is 0 Å². The number of carbonyl (C=O) groups excluding carboxylic acids is 1. The topological polar surface area (TPSA) is 86.3 Å². The van der Waals surface area contributed by atoms with Gasteiger partial charge in [-0.15, -0.1) is 0 Å². The van der Waals surface area contributed by atoms with Gasteiger partial charge in [-0.1, -0.05) is 0 Å². The summed E-state index contributed by atoms with van der Waals surface area (Å²) in [5, 5.41) is 8.66. The van der Waals surface area contributed by atoms with Crippen LogP contribution in [0.25, 0.3) is 0 Å². The smallest absolute Gasteiger partial charge is 0.315 e. The lowest BCUT2D eigenvalue weighted by Crippen LogP contribution is -2.35. The van der Waals surface area contributed by atoms with Crippen molar-refractivity contribution in [1.29, 1.82) is 0 Å². The average Bonchev–Trinajstić information content (AvgIpc) is 2.67. The summed E-state index contributed by atoms with van der Waals surface area (Å²) in [4.78, 5) is 30.2. The molecule has 6 heteroatoms. The van der Waals surface area contributed by atoms with E-state index >= 15 is 0 Å². The van der Waals surface area contributed by atoms with E-state index in [-0.39, 0.29) is 6.54 Å². The van der Waals surface area contributed by atoms with Crippen LogP contribution >= 0.6 is 0 Å². The molecule has 0 saturated heterocycles. The summed E-state index contributed by atoms with van der Waals surface area (Å²) < 4.78 is 0. The molecule has 15 heavy (non-hydrogen) atoms. The SMILES string of the molecule is CC(C(=O)O)C(=O)N(C)Cc1ncc[nH]1. The van der Waals surface area contributed by atoms with Gasteiger partial charge in [0.2, 0.25) is 5.91 Å². The van der Waals surface area contributed by atoms with E-state index in [0.29, 0.717) is 5.82 Å². The number of hydrogen-bond acceptors (Lipinski definition) is 3. The first-order valence-electron chi connectivity index (χ1n) is 4.48. The van der Waals surface area contributed by atoms with Gasteiger partial charge in [0.05, 0.1) is 6.54 Å². The van der Waals surface area contributed by atoms with Gasteiger partial charge in [0, 0.05) is 19.4 Å². The van der Waals surface area contributed by atoms with Gasteiger partial charge in [0.25, 0.3) is 0 Å². The van der Waals surface area contributed by atoms with Crippen molar-refractivity contribution in [1.82, 2.24) is 14.9 Å². The number of carboxylic acid groups (broad SMARTS) is 1. The Bertz CT molecular complexity index is 347. The Kier molecular flexibility index (Phi) is 3.43. The van der Waals surface area contributed by atoms with E-state index in [1.165, 1.54) is 11.8 Å². The van der Waals surface area contributed by atoms with Crippen molar-refractivity contribution in [3.05, 3.63) is 18.2 Å². The summed E-state index contributed by atoms with van der Waals surface area (Å²) in [5.74, 6) is -1.95. The summed E-state index contributed by atoms with van der Waals surface area (Å²) in [6.45, 7) is 1.65. The lowest BCUT2D eigenvalue weighted by molar-refractivity contribution is -0.150. The molecule has 1 aromatic rings. The van der Waals surface area contributed by atoms with Gasteiger partial charge in [0.15, 0.2) is 0 Å². The van der Waals surface area contributed by atoms with Gasteiger partial charge in [-0.3, -0.25) is 9.59 Å². The van der Waals surface area contributed by atoms with Crippen molar-refractivity contribution in [3.8, 4) is 0 Å². The number of nitrogens with one attached hydrogen (secondary N) is 1. The van der Waals surface area contributed by atoms with Gasteiger partial charge in [-0.25, -0.2) is 4.98 Å². The zero-order valence-corrected chi connectivity index (χ0v) is 8.60. The van der Waals surface area contributed by atoms with Crippen LogP contribution in [-0.4, -0.2) is 38.9 Å². The lowest BCUT2D eigenvalue weighted by Gasteiger charge is -2.17. The molecule has 0 fully saturated rings. The highest BCUT2D eigenvalue weighted by atomic mass is 16.4. The highest BCUT2D eigenvalue weighted by Crippen LogP contribution is 2.04. The van der Waals surface area contributed by atoms with Crippen molar-refractivity contribution in [2.75, 3.05) is 7.05 Å². The summed E-state index contributed by atoms with van der Waals surface area (Å²) in [5.41, 5.74) is 0. The van der Waals surface area contributed by atoms with E-state index in [1.54, 1.807) is 19.4 Å². The lowest BCUT2D eigenvalue weighted by atomic mass is 10.1. The molecule has 2 N–H and O–H groups in total. The third-order valence-corrected chi connectivity index (χ3v) is 2.06. The van der Waals surface area contributed by atoms with Crippen molar-refractivity contribution in [2.45, 2.75) is 13.5 Å². The molecule has 1 unspecified atom stereocenters. The van der Waals surface area contributed by atoms with Crippen LogP contribution < -0.4 is 0 Å². The number of H-pyrrole nitrogens is 1. The molecule has 0 aliphatic heterocycles. The summed E-state index contributed by atoms with van der Waals surface area (Å²) >= 11 is 0. The molecule has 0 aliphatic rings. The first-order chi connectivity index (χ1) is 7.02. The molecule has 0 bridgehead atoms. The minimum Gasteiger partial charge on any atom is -0.481 e. The molecular weight excluding hydrogens is 198 g/mol. The summed E-state index contributed by atoms with van der Waals surface area (Å²) in [6, 6.07) is 0. The molecule has 1 atom stereocenters. The Morgan fingerprint density at radius 1 is 1.67 bits per heavy atom. The molecular formula is C9H13N3O3. The van der Waals surface area contributed by atoms with Crippen molar-refractivity contribution >= 4 is 11.9 Å². The van der Waals surface area contributed by atoms with Crippen molar-refractivity contribution in [2.24, 2.45) is 5.92 Å². The second kappa shape index (κ2) is 4.59. The second-order valence-electron chi connectivity index (χ2n) is 3.29. The molecule has 0 spiro atoms. The fourth-order valence-electron chi connectivity index (χ4n) is 1.12. The van der Waals surface area contributed by atoms with E-state index < -0.39 is 17.8 Å². The first-order valence-corrected chi connectivity index (χ1v) is 4.48. The number of imidazole rings is 1. The number of amides is 1. The maximum atomic E-state index is 11.5. The number of aromatic amines is 1. The Balaban J connectivity index is 2.57. The van der Waals surface area contributed by atoms with Gasteiger partial charge in [-0.2, -0.15) is 0 Å². The van der Waals surface area contributed by atoms with Gasteiger partial charge in [0.1, 0.15) is 11.7 Å². The maximum Gasteiger partial charge on any atom is 0.315 e. The minimum absolute atomic E-state index is 0.281. The van der Waals surface area contributed by atoms with Crippen molar-refractivity contribution in [3.63, 3.8) is 0 Å². The van der Waals surface area contributed by atoms with Crippen LogP contribution in [0.5, 0.6) is 0 Å². The van der Waals surface area contributed by atoms with Crippen molar-refractivity contribution < 1.29 is 14.7 Å². The van der Waals surface area contributed by atoms with Crippen LogP contribution in [0.15, 0.2) is 12.4 Å².